The Bertz CT molecular complexity index is 851. The van der Waals surface area contributed by atoms with Gasteiger partial charge in [-0.05, 0) is 68.2 Å². The summed E-state index contributed by atoms with van der Waals surface area (Å²) in [5, 5.41) is 3.21. The van der Waals surface area contributed by atoms with Gasteiger partial charge in [0, 0.05) is 4.47 Å². The third-order valence-electron chi connectivity index (χ3n) is 5.34. The summed E-state index contributed by atoms with van der Waals surface area (Å²) >= 11 is 3.53. The standard InChI is InChI=1S/C22H25BrN2O3/c1-15(16-7-8-19-20(14-16)28-12-11-27-19)24-22(26)21(25-9-2-3-10-25)17-5-4-6-18(23)13-17/h4-8,13-15,21H,2-3,9-12H2,1H3,(H,24,26)/t15-,21-/m0/s1. The number of carbonyl (C=O) groups is 1. The lowest BCUT2D eigenvalue weighted by atomic mass is 10.0. The van der Waals surface area contributed by atoms with Gasteiger partial charge < -0.3 is 14.8 Å². The van der Waals surface area contributed by atoms with Crippen LogP contribution in [0.3, 0.4) is 0 Å². The highest BCUT2D eigenvalue weighted by molar-refractivity contribution is 9.10. The van der Waals surface area contributed by atoms with Gasteiger partial charge in [-0.1, -0.05) is 34.1 Å². The lowest BCUT2D eigenvalue weighted by Gasteiger charge is -2.29. The molecule has 1 N–H and O–H groups in total. The van der Waals surface area contributed by atoms with Crippen molar-refractivity contribution in [2.45, 2.75) is 31.8 Å². The maximum atomic E-state index is 13.3. The SMILES string of the molecule is C[C@H](NC(=O)[C@H](c1cccc(Br)c1)N1CCCC1)c1ccc2c(c1)OCCO2. The first kappa shape index (κ1) is 19.3. The molecule has 2 aliphatic rings. The van der Waals surface area contributed by atoms with Crippen molar-refractivity contribution >= 4 is 21.8 Å². The summed E-state index contributed by atoms with van der Waals surface area (Å²) in [6, 6.07) is 13.5. The van der Waals surface area contributed by atoms with Crippen LogP contribution in [0.15, 0.2) is 46.9 Å². The number of halogens is 1. The molecule has 2 aromatic rings. The van der Waals surface area contributed by atoms with Crippen LogP contribution in [0.2, 0.25) is 0 Å². The number of likely N-dealkylation sites (tertiary alicyclic amines) is 1. The molecule has 2 atom stereocenters. The van der Waals surface area contributed by atoms with Crippen molar-refractivity contribution in [3.63, 3.8) is 0 Å². The smallest absolute Gasteiger partial charge is 0.242 e. The minimum absolute atomic E-state index is 0.0300. The number of benzene rings is 2. The fraction of sp³-hybridized carbons (Fsp3) is 0.409. The van der Waals surface area contributed by atoms with Gasteiger partial charge in [-0.2, -0.15) is 0 Å². The van der Waals surface area contributed by atoms with Gasteiger partial charge >= 0.3 is 0 Å². The molecule has 2 heterocycles. The summed E-state index contributed by atoms with van der Waals surface area (Å²) < 4.78 is 12.3. The molecule has 0 unspecified atom stereocenters. The van der Waals surface area contributed by atoms with Crippen LogP contribution in [0.5, 0.6) is 11.5 Å². The van der Waals surface area contributed by atoms with E-state index in [0.717, 1.165) is 53.0 Å². The van der Waals surface area contributed by atoms with Crippen LogP contribution in [0.1, 0.15) is 43.0 Å². The predicted octanol–water partition coefficient (Wildman–Crippen LogP) is 4.23. The zero-order valence-electron chi connectivity index (χ0n) is 16.0. The number of hydrogen-bond donors (Lipinski definition) is 1. The molecular weight excluding hydrogens is 420 g/mol. The third-order valence-corrected chi connectivity index (χ3v) is 5.84. The molecule has 0 radical (unpaired) electrons. The zero-order valence-corrected chi connectivity index (χ0v) is 17.6. The lowest BCUT2D eigenvalue weighted by molar-refractivity contribution is -0.127. The molecule has 148 valence electrons. The Labute approximate surface area is 174 Å². The van der Waals surface area contributed by atoms with Gasteiger partial charge in [-0.25, -0.2) is 0 Å². The first-order chi connectivity index (χ1) is 13.6. The van der Waals surface area contributed by atoms with Crippen LogP contribution in [-0.2, 0) is 4.79 Å². The van der Waals surface area contributed by atoms with Crippen LogP contribution in [0, 0.1) is 0 Å². The Balaban J connectivity index is 1.53. The average molecular weight is 445 g/mol. The molecule has 28 heavy (non-hydrogen) atoms. The predicted molar refractivity (Wildman–Crippen MR) is 112 cm³/mol. The van der Waals surface area contributed by atoms with E-state index in [2.05, 4.69) is 26.1 Å². The van der Waals surface area contributed by atoms with E-state index >= 15 is 0 Å². The van der Waals surface area contributed by atoms with Gasteiger partial charge in [0.2, 0.25) is 5.91 Å². The van der Waals surface area contributed by atoms with E-state index in [9.17, 15) is 4.79 Å². The van der Waals surface area contributed by atoms with Gasteiger partial charge in [-0.15, -0.1) is 0 Å². The minimum Gasteiger partial charge on any atom is -0.486 e. The summed E-state index contributed by atoms with van der Waals surface area (Å²) in [6.07, 6.45) is 2.27. The molecule has 2 aromatic carbocycles. The second-order valence-corrected chi connectivity index (χ2v) is 8.25. The van der Waals surface area contributed by atoms with Crippen molar-refractivity contribution in [2.75, 3.05) is 26.3 Å². The molecule has 0 bridgehead atoms. The Hall–Kier alpha value is -2.05. The number of hydrogen-bond acceptors (Lipinski definition) is 4. The Morgan fingerprint density at radius 1 is 1.04 bits per heavy atom. The Morgan fingerprint density at radius 2 is 1.79 bits per heavy atom. The minimum atomic E-state index is -0.278. The molecule has 0 saturated carbocycles. The number of carbonyl (C=O) groups excluding carboxylic acids is 1. The van der Waals surface area contributed by atoms with E-state index in [4.69, 9.17) is 9.47 Å². The van der Waals surface area contributed by atoms with E-state index in [1.54, 1.807) is 0 Å². The largest absolute Gasteiger partial charge is 0.486 e. The fourth-order valence-electron chi connectivity index (χ4n) is 3.91. The summed E-state index contributed by atoms with van der Waals surface area (Å²) in [7, 11) is 0. The van der Waals surface area contributed by atoms with Gasteiger partial charge in [0.1, 0.15) is 19.3 Å². The Kier molecular flexibility index (Phi) is 5.87. The molecule has 2 aliphatic heterocycles. The topological polar surface area (TPSA) is 50.8 Å². The molecule has 6 heteroatoms. The first-order valence-electron chi connectivity index (χ1n) is 9.81. The molecule has 1 fully saturated rings. The molecule has 0 aromatic heterocycles. The number of fused-ring (bicyclic) bond motifs is 1. The number of rotatable bonds is 5. The van der Waals surface area contributed by atoms with Crippen molar-refractivity contribution in [3.8, 4) is 11.5 Å². The first-order valence-corrected chi connectivity index (χ1v) is 10.6. The molecule has 1 amide bonds. The second kappa shape index (κ2) is 8.53. The van der Waals surface area contributed by atoms with Crippen molar-refractivity contribution in [2.24, 2.45) is 0 Å². The van der Waals surface area contributed by atoms with Gasteiger partial charge in [-0.3, -0.25) is 9.69 Å². The van der Waals surface area contributed by atoms with Crippen LogP contribution < -0.4 is 14.8 Å². The molecule has 4 rings (SSSR count). The Morgan fingerprint density at radius 3 is 2.54 bits per heavy atom. The van der Waals surface area contributed by atoms with E-state index in [1.165, 1.54) is 0 Å². The van der Waals surface area contributed by atoms with Crippen LogP contribution in [0.4, 0.5) is 0 Å². The quantitative estimate of drug-likeness (QED) is 0.749. The van der Waals surface area contributed by atoms with E-state index in [0.29, 0.717) is 13.2 Å². The normalized spacial score (nSPS) is 18.5. The fourth-order valence-corrected chi connectivity index (χ4v) is 4.33. The van der Waals surface area contributed by atoms with E-state index < -0.39 is 0 Å². The van der Waals surface area contributed by atoms with Crippen LogP contribution in [-0.4, -0.2) is 37.1 Å². The maximum absolute atomic E-state index is 13.3. The highest BCUT2D eigenvalue weighted by Crippen LogP contribution is 2.33. The number of nitrogens with one attached hydrogen (secondary N) is 1. The van der Waals surface area contributed by atoms with Crippen molar-refractivity contribution < 1.29 is 14.3 Å². The average Bonchev–Trinajstić information content (AvgIpc) is 3.22. The zero-order chi connectivity index (χ0) is 19.5. The van der Waals surface area contributed by atoms with Gasteiger partial charge in [0.15, 0.2) is 11.5 Å². The maximum Gasteiger partial charge on any atom is 0.242 e. The van der Waals surface area contributed by atoms with Crippen molar-refractivity contribution in [1.29, 1.82) is 0 Å². The molecule has 0 spiro atoms. The second-order valence-electron chi connectivity index (χ2n) is 7.33. The van der Waals surface area contributed by atoms with Gasteiger partial charge in [0.25, 0.3) is 0 Å². The van der Waals surface area contributed by atoms with Crippen LogP contribution in [0.25, 0.3) is 0 Å². The van der Waals surface area contributed by atoms with E-state index in [1.807, 2.05) is 49.4 Å². The summed E-state index contributed by atoms with van der Waals surface area (Å²) in [5.41, 5.74) is 2.02. The summed E-state index contributed by atoms with van der Waals surface area (Å²) in [4.78, 5) is 15.6. The number of ether oxygens (including phenoxy) is 2. The molecule has 1 saturated heterocycles. The lowest BCUT2D eigenvalue weighted by Crippen LogP contribution is -2.40. The van der Waals surface area contributed by atoms with Gasteiger partial charge in [0.05, 0.1) is 6.04 Å². The monoisotopic (exact) mass is 444 g/mol. The highest BCUT2D eigenvalue weighted by atomic mass is 79.9. The molecule has 5 nitrogen and oxygen atoms in total. The molecule has 0 aliphatic carbocycles. The highest BCUT2D eigenvalue weighted by Gasteiger charge is 2.30. The van der Waals surface area contributed by atoms with Crippen molar-refractivity contribution in [1.82, 2.24) is 10.2 Å². The van der Waals surface area contributed by atoms with E-state index in [-0.39, 0.29) is 18.0 Å². The summed E-state index contributed by atoms with van der Waals surface area (Å²) in [6.45, 7) is 5.02. The van der Waals surface area contributed by atoms with Crippen molar-refractivity contribution in [3.05, 3.63) is 58.1 Å². The summed E-state index contributed by atoms with van der Waals surface area (Å²) in [5.74, 6) is 1.54. The third kappa shape index (κ3) is 4.18. The van der Waals surface area contributed by atoms with Crippen LogP contribution >= 0.6 is 15.9 Å². The number of amides is 1. The molecular formula is C22H25BrN2O3. The number of nitrogens with zero attached hydrogens (tertiary/aromatic N) is 1.